The van der Waals surface area contributed by atoms with Gasteiger partial charge < -0.3 is 10.1 Å². The summed E-state index contributed by atoms with van der Waals surface area (Å²) >= 11 is 6.13. The predicted molar refractivity (Wildman–Crippen MR) is 127 cm³/mol. The van der Waals surface area contributed by atoms with Gasteiger partial charge in [-0.2, -0.15) is 4.31 Å². The Bertz CT molecular complexity index is 1120. The lowest BCUT2D eigenvalue weighted by Gasteiger charge is -2.32. The SMILES string of the molecule is COc1ccc(S(=O)(=O)N2CCC[C@H](C(=O)N[C@H](C)c3cc(C)c(C)cc3C)C2)cc1Cl. The van der Waals surface area contributed by atoms with Crippen molar-refractivity contribution >= 4 is 27.5 Å². The average Bonchev–Trinajstić information content (AvgIpc) is 2.76. The molecular formula is C24H31ClN2O4S. The molecule has 1 aliphatic rings. The number of amides is 1. The van der Waals surface area contributed by atoms with Crippen LogP contribution in [0, 0.1) is 26.7 Å². The number of piperidine rings is 1. The lowest BCUT2D eigenvalue weighted by atomic mass is 9.95. The van der Waals surface area contributed by atoms with Crippen LogP contribution in [0.5, 0.6) is 5.75 Å². The number of methoxy groups -OCH3 is 1. The van der Waals surface area contributed by atoms with Crippen molar-refractivity contribution in [2.24, 2.45) is 5.92 Å². The molecule has 2 atom stereocenters. The summed E-state index contributed by atoms with van der Waals surface area (Å²) in [6.07, 6.45) is 1.28. The molecule has 1 fully saturated rings. The van der Waals surface area contributed by atoms with E-state index in [-0.39, 0.29) is 28.4 Å². The van der Waals surface area contributed by atoms with Crippen LogP contribution in [0.1, 0.15) is 48.1 Å². The molecule has 1 amide bonds. The van der Waals surface area contributed by atoms with Gasteiger partial charge in [-0.25, -0.2) is 8.42 Å². The molecule has 0 unspecified atom stereocenters. The minimum Gasteiger partial charge on any atom is -0.495 e. The van der Waals surface area contributed by atoms with Gasteiger partial charge in [0.1, 0.15) is 5.75 Å². The first-order valence-electron chi connectivity index (χ1n) is 10.8. The minimum atomic E-state index is -3.76. The first-order chi connectivity index (χ1) is 15.0. The summed E-state index contributed by atoms with van der Waals surface area (Å²) in [5.41, 5.74) is 4.61. The van der Waals surface area contributed by atoms with Crippen molar-refractivity contribution in [2.45, 2.75) is 51.5 Å². The Balaban J connectivity index is 1.73. The Labute approximate surface area is 196 Å². The van der Waals surface area contributed by atoms with Crippen molar-refractivity contribution in [3.05, 3.63) is 57.6 Å². The highest BCUT2D eigenvalue weighted by atomic mass is 35.5. The number of halogens is 1. The third-order valence-corrected chi connectivity index (χ3v) is 8.38. The fourth-order valence-electron chi connectivity index (χ4n) is 4.19. The van der Waals surface area contributed by atoms with Gasteiger partial charge >= 0.3 is 0 Å². The number of rotatable bonds is 6. The number of carbonyl (C=O) groups excluding carboxylic acids is 1. The molecule has 6 nitrogen and oxygen atoms in total. The van der Waals surface area contributed by atoms with Gasteiger partial charge in [0.05, 0.1) is 29.0 Å². The molecule has 3 rings (SSSR count). The zero-order valence-corrected chi connectivity index (χ0v) is 20.8. The summed E-state index contributed by atoms with van der Waals surface area (Å²) in [5.74, 6) is -0.110. The van der Waals surface area contributed by atoms with E-state index < -0.39 is 15.9 Å². The standard InChI is InChI=1S/C24H31ClN2O4S/c1-15-11-17(3)21(12-16(15)2)18(4)26-24(28)19-7-6-10-27(14-19)32(29,30)20-8-9-23(31-5)22(25)13-20/h8-9,11-13,18-19H,6-7,10,14H2,1-5H3,(H,26,28)/t18-,19+/m1/s1. The summed E-state index contributed by atoms with van der Waals surface area (Å²) in [7, 11) is -2.28. The molecule has 1 saturated heterocycles. The van der Waals surface area contributed by atoms with Crippen LogP contribution in [0.4, 0.5) is 0 Å². The van der Waals surface area contributed by atoms with Crippen molar-refractivity contribution in [3.63, 3.8) is 0 Å². The molecular weight excluding hydrogens is 448 g/mol. The molecule has 0 saturated carbocycles. The maximum Gasteiger partial charge on any atom is 0.243 e. The highest BCUT2D eigenvalue weighted by molar-refractivity contribution is 7.89. The Hall–Kier alpha value is -2.09. The van der Waals surface area contributed by atoms with E-state index in [1.807, 2.05) is 13.8 Å². The molecule has 2 aromatic rings. The molecule has 2 aromatic carbocycles. The number of hydrogen-bond donors (Lipinski definition) is 1. The molecule has 0 radical (unpaired) electrons. The lowest BCUT2D eigenvalue weighted by molar-refractivity contribution is -0.126. The number of benzene rings is 2. The van der Waals surface area contributed by atoms with E-state index >= 15 is 0 Å². The molecule has 0 spiro atoms. The highest BCUT2D eigenvalue weighted by Crippen LogP contribution is 2.30. The molecule has 8 heteroatoms. The smallest absolute Gasteiger partial charge is 0.243 e. The predicted octanol–water partition coefficient (Wildman–Crippen LogP) is 4.55. The van der Waals surface area contributed by atoms with Crippen LogP contribution in [-0.4, -0.2) is 38.8 Å². The second kappa shape index (κ2) is 9.81. The van der Waals surface area contributed by atoms with E-state index in [2.05, 4.69) is 31.3 Å². The van der Waals surface area contributed by atoms with E-state index in [0.717, 1.165) is 11.1 Å². The van der Waals surface area contributed by atoms with Crippen molar-refractivity contribution in [2.75, 3.05) is 20.2 Å². The van der Waals surface area contributed by atoms with Crippen molar-refractivity contribution in [1.82, 2.24) is 9.62 Å². The largest absolute Gasteiger partial charge is 0.495 e. The molecule has 174 valence electrons. The fraction of sp³-hybridized carbons (Fsp3) is 0.458. The zero-order valence-electron chi connectivity index (χ0n) is 19.2. The summed E-state index contributed by atoms with van der Waals surface area (Å²) in [4.78, 5) is 13.1. The summed E-state index contributed by atoms with van der Waals surface area (Å²) < 4.78 is 32.8. The number of aryl methyl sites for hydroxylation is 3. The fourth-order valence-corrected chi connectivity index (χ4v) is 6.06. The normalized spacial score (nSPS) is 18.2. The quantitative estimate of drug-likeness (QED) is 0.660. The molecule has 1 N–H and O–H groups in total. The lowest BCUT2D eigenvalue weighted by Crippen LogP contribution is -2.45. The van der Waals surface area contributed by atoms with Crippen LogP contribution in [0.3, 0.4) is 0 Å². The second-order valence-electron chi connectivity index (χ2n) is 8.52. The van der Waals surface area contributed by atoms with Gasteiger partial charge in [-0.3, -0.25) is 4.79 Å². The second-order valence-corrected chi connectivity index (χ2v) is 10.9. The molecule has 32 heavy (non-hydrogen) atoms. The number of nitrogens with zero attached hydrogens (tertiary/aromatic N) is 1. The van der Waals surface area contributed by atoms with E-state index in [9.17, 15) is 13.2 Å². The number of carbonyl (C=O) groups is 1. The first kappa shape index (κ1) is 24.6. The van der Waals surface area contributed by atoms with Gasteiger partial charge in [-0.05, 0) is 81.0 Å². The van der Waals surface area contributed by atoms with Crippen LogP contribution < -0.4 is 10.1 Å². The van der Waals surface area contributed by atoms with E-state index in [0.29, 0.717) is 25.1 Å². The molecule has 0 bridgehead atoms. The van der Waals surface area contributed by atoms with Gasteiger partial charge in [0, 0.05) is 13.1 Å². The third-order valence-electron chi connectivity index (χ3n) is 6.22. The van der Waals surface area contributed by atoms with Crippen molar-refractivity contribution in [1.29, 1.82) is 0 Å². The van der Waals surface area contributed by atoms with Crippen LogP contribution >= 0.6 is 11.6 Å². The number of hydrogen-bond acceptors (Lipinski definition) is 4. The maximum absolute atomic E-state index is 13.2. The monoisotopic (exact) mass is 478 g/mol. The van der Waals surface area contributed by atoms with Crippen LogP contribution in [0.25, 0.3) is 0 Å². The molecule has 0 aromatic heterocycles. The highest BCUT2D eigenvalue weighted by Gasteiger charge is 2.34. The van der Waals surface area contributed by atoms with Gasteiger partial charge in [0.2, 0.25) is 15.9 Å². The summed E-state index contributed by atoms with van der Waals surface area (Å²) in [5, 5.41) is 3.33. The number of nitrogens with one attached hydrogen (secondary N) is 1. The van der Waals surface area contributed by atoms with Crippen molar-refractivity contribution < 1.29 is 17.9 Å². The molecule has 1 heterocycles. The zero-order chi connectivity index (χ0) is 23.6. The van der Waals surface area contributed by atoms with E-state index in [4.69, 9.17) is 16.3 Å². The Kier molecular flexibility index (Phi) is 7.53. The van der Waals surface area contributed by atoms with Gasteiger partial charge in [0.15, 0.2) is 0 Å². The first-order valence-corrected chi connectivity index (χ1v) is 12.6. The molecule has 1 aliphatic heterocycles. The Morgan fingerprint density at radius 2 is 1.84 bits per heavy atom. The van der Waals surface area contributed by atoms with Crippen LogP contribution in [0.2, 0.25) is 5.02 Å². The van der Waals surface area contributed by atoms with Crippen LogP contribution in [-0.2, 0) is 14.8 Å². The average molecular weight is 479 g/mol. The Morgan fingerprint density at radius 3 is 2.50 bits per heavy atom. The van der Waals surface area contributed by atoms with Gasteiger partial charge in [0.25, 0.3) is 0 Å². The Morgan fingerprint density at radius 1 is 1.16 bits per heavy atom. The van der Waals surface area contributed by atoms with Crippen LogP contribution in [0.15, 0.2) is 35.2 Å². The van der Waals surface area contributed by atoms with Crippen molar-refractivity contribution in [3.8, 4) is 5.75 Å². The number of ether oxygens (including phenoxy) is 1. The minimum absolute atomic E-state index is 0.100. The topological polar surface area (TPSA) is 75.7 Å². The number of sulfonamides is 1. The van der Waals surface area contributed by atoms with E-state index in [1.54, 1.807) is 0 Å². The summed E-state index contributed by atoms with van der Waals surface area (Å²) in [6.45, 7) is 8.66. The third kappa shape index (κ3) is 5.11. The summed E-state index contributed by atoms with van der Waals surface area (Å²) in [6, 6.07) is 8.49. The van der Waals surface area contributed by atoms with E-state index in [1.165, 1.54) is 40.7 Å². The maximum atomic E-state index is 13.2. The molecule has 0 aliphatic carbocycles. The van der Waals surface area contributed by atoms with Gasteiger partial charge in [-0.15, -0.1) is 0 Å². The van der Waals surface area contributed by atoms with Gasteiger partial charge in [-0.1, -0.05) is 23.7 Å².